The maximum Gasteiger partial charge on any atom is 0.328 e. The van der Waals surface area contributed by atoms with Gasteiger partial charge in [-0.3, -0.25) is 4.79 Å². The van der Waals surface area contributed by atoms with Crippen LogP contribution in [-0.4, -0.2) is 39.2 Å². The lowest BCUT2D eigenvalue weighted by Gasteiger charge is -2.44. The van der Waals surface area contributed by atoms with Crippen LogP contribution in [0, 0.1) is 5.41 Å². The molecule has 0 unspecified atom stereocenters. The highest BCUT2D eigenvalue weighted by Gasteiger charge is 2.47. The minimum atomic E-state index is -3.24. The van der Waals surface area contributed by atoms with Crippen LogP contribution in [-0.2, 0) is 9.59 Å². The van der Waals surface area contributed by atoms with E-state index in [0.29, 0.717) is 24.3 Å². The molecule has 0 aromatic rings. The van der Waals surface area contributed by atoms with Gasteiger partial charge < -0.3 is 15.3 Å². The molecular formula is C15H20O5. The highest BCUT2D eigenvalue weighted by molar-refractivity contribution is 5.93. The summed E-state index contributed by atoms with van der Waals surface area (Å²) in [5, 5.41) is 29.6. The van der Waals surface area contributed by atoms with Crippen LogP contribution in [0.15, 0.2) is 35.5 Å². The smallest absolute Gasteiger partial charge is 0.328 e. The van der Waals surface area contributed by atoms with Crippen LogP contribution >= 0.6 is 0 Å². The predicted molar refractivity (Wildman–Crippen MR) is 74.1 cm³/mol. The van der Waals surface area contributed by atoms with Gasteiger partial charge in [0.1, 0.15) is 5.60 Å². The Labute approximate surface area is 127 Å². The molecule has 3 N–H and O–H groups in total. The summed E-state index contributed by atoms with van der Waals surface area (Å²) in [5.41, 5.74) is -6.31. The zero-order chi connectivity index (χ0) is 21.6. The summed E-state index contributed by atoms with van der Waals surface area (Å²) < 4.78 is 52.9. The minimum absolute atomic E-state index is 0.361. The van der Waals surface area contributed by atoms with Crippen LogP contribution in [0.25, 0.3) is 0 Å². The molecule has 0 heterocycles. The van der Waals surface area contributed by atoms with E-state index in [2.05, 4.69) is 0 Å². The van der Waals surface area contributed by atoms with E-state index in [1.807, 2.05) is 0 Å². The monoisotopic (exact) mass is 287 g/mol. The van der Waals surface area contributed by atoms with Crippen molar-refractivity contribution in [2.24, 2.45) is 5.41 Å². The first-order chi connectivity index (χ1) is 11.8. The number of hydrogen-bond acceptors (Lipinski definition) is 4. The highest BCUT2D eigenvalue weighted by atomic mass is 16.4. The van der Waals surface area contributed by atoms with Gasteiger partial charge in [-0.05, 0) is 30.2 Å². The van der Waals surface area contributed by atoms with E-state index in [4.69, 9.17) is 14.7 Å². The van der Waals surface area contributed by atoms with Crippen molar-refractivity contribution in [1.82, 2.24) is 0 Å². The number of carbonyl (C=O) groups is 2. The molecule has 110 valence electrons. The van der Waals surface area contributed by atoms with Crippen molar-refractivity contribution in [3.8, 4) is 0 Å². The fourth-order valence-corrected chi connectivity index (χ4v) is 1.82. The number of rotatable bonds is 4. The van der Waals surface area contributed by atoms with Crippen molar-refractivity contribution in [3.63, 3.8) is 0 Å². The second kappa shape index (κ2) is 5.73. The topological polar surface area (TPSA) is 94.8 Å². The number of aliphatic carboxylic acids is 1. The minimum Gasteiger partial charge on any atom is -0.478 e. The van der Waals surface area contributed by atoms with E-state index in [1.54, 1.807) is 0 Å². The average Bonchev–Trinajstić information content (AvgIpc) is 2.44. The number of carboxylic acid groups (broad SMARTS) is 1. The van der Waals surface area contributed by atoms with Crippen LogP contribution in [0.2, 0.25) is 0 Å². The van der Waals surface area contributed by atoms with Crippen molar-refractivity contribution < 1.29 is 34.5 Å². The Bertz CT molecular complexity index is 741. The van der Waals surface area contributed by atoms with Gasteiger partial charge in [-0.15, -0.1) is 0 Å². The third kappa shape index (κ3) is 3.23. The molecule has 1 aliphatic carbocycles. The number of aliphatic hydroxyl groups is 2. The first-order valence-electron chi connectivity index (χ1n) is 9.14. The molecule has 0 spiro atoms. The molecule has 0 bridgehead atoms. The van der Waals surface area contributed by atoms with Crippen molar-refractivity contribution >= 4 is 11.8 Å². The van der Waals surface area contributed by atoms with Crippen LogP contribution in [0.4, 0.5) is 0 Å². The Balaban J connectivity index is 3.74. The Kier molecular flexibility index (Phi) is 2.45. The molecule has 0 aliphatic heterocycles. The Morgan fingerprint density at radius 2 is 2.30 bits per heavy atom. The van der Waals surface area contributed by atoms with Gasteiger partial charge >= 0.3 is 5.97 Å². The molecule has 0 saturated carbocycles. The summed E-state index contributed by atoms with van der Waals surface area (Å²) in [6.45, 7) is -3.94. The molecule has 0 aromatic carbocycles. The van der Waals surface area contributed by atoms with Gasteiger partial charge in [0, 0.05) is 24.7 Å². The molecule has 1 atom stereocenters. The maximum absolute atomic E-state index is 12.1. The van der Waals surface area contributed by atoms with Crippen LogP contribution in [0.1, 0.15) is 36.7 Å². The summed E-state index contributed by atoms with van der Waals surface area (Å²) in [5.74, 6) is -2.77. The quantitative estimate of drug-likeness (QED) is 0.534. The van der Waals surface area contributed by atoms with Crippen LogP contribution in [0.3, 0.4) is 0 Å². The van der Waals surface area contributed by atoms with E-state index in [1.165, 1.54) is 0 Å². The summed E-state index contributed by atoms with van der Waals surface area (Å²) in [7, 11) is 0. The van der Waals surface area contributed by atoms with Crippen molar-refractivity contribution in [2.75, 3.05) is 6.56 Å². The molecule has 5 nitrogen and oxygen atoms in total. The highest BCUT2D eigenvalue weighted by Crippen LogP contribution is 2.44. The zero-order valence-electron chi connectivity index (χ0n) is 18.0. The second-order valence-corrected chi connectivity index (χ2v) is 4.82. The van der Waals surface area contributed by atoms with Gasteiger partial charge in [0.2, 0.25) is 0 Å². The molecule has 1 aliphatic rings. The predicted octanol–water partition coefficient (Wildman–Crippen LogP) is 1.22. The van der Waals surface area contributed by atoms with E-state index < -0.39 is 53.7 Å². The van der Waals surface area contributed by atoms with E-state index in [9.17, 15) is 19.8 Å². The number of carbonyl (C=O) groups excluding carboxylic acids is 1. The zero-order valence-corrected chi connectivity index (χ0v) is 11.0. The maximum atomic E-state index is 12.1. The molecule has 0 fully saturated rings. The summed E-state index contributed by atoms with van der Waals surface area (Å²) in [4.78, 5) is 22.9. The average molecular weight is 287 g/mol. The Morgan fingerprint density at radius 3 is 2.80 bits per heavy atom. The second-order valence-electron chi connectivity index (χ2n) is 4.82. The third-order valence-corrected chi connectivity index (χ3v) is 2.98. The van der Waals surface area contributed by atoms with E-state index in [-0.39, 0.29) is 0 Å². The van der Waals surface area contributed by atoms with Gasteiger partial charge in [0.25, 0.3) is 0 Å². The number of allylic oxidation sites excluding steroid dienone is 3. The molecule has 20 heavy (non-hydrogen) atoms. The van der Waals surface area contributed by atoms with Crippen molar-refractivity contribution in [1.29, 1.82) is 0 Å². The van der Waals surface area contributed by atoms with Gasteiger partial charge in [-0.25, -0.2) is 4.79 Å². The first kappa shape index (κ1) is 8.54. The number of ketones is 1. The Hall–Kier alpha value is -1.72. The fraction of sp³-hybridized carbons (Fsp3) is 0.467. The Morgan fingerprint density at radius 1 is 1.65 bits per heavy atom. The molecular weight excluding hydrogens is 260 g/mol. The number of hydrogen-bond donors (Lipinski definition) is 3. The van der Waals surface area contributed by atoms with E-state index >= 15 is 0 Å². The largest absolute Gasteiger partial charge is 0.478 e. The van der Waals surface area contributed by atoms with Crippen molar-refractivity contribution in [2.45, 2.75) is 32.7 Å². The third-order valence-electron chi connectivity index (χ3n) is 2.98. The molecule has 0 aromatic heterocycles. The SMILES string of the molecule is [2H]C([2H])(O)C1=CC(=O)C([2H])([2H])C(C)(C)[C@@]1(O)/C=C/C(=C\C(=O)O)C([2H])([2H])[2H]. The van der Waals surface area contributed by atoms with Gasteiger partial charge in [0.15, 0.2) is 5.78 Å². The standard InChI is InChI=1S/C15H20O5/c1-10(6-13(18)19)4-5-15(20)11(9-16)7-12(17)8-14(15,2)3/h4-7,16,20H,8-9H2,1-3H3,(H,18,19)/b5-4+,10-6-/t15-/m1/s1/i1D3,8D2,9D2. The normalized spacial score (nSPS) is 35.8. The van der Waals surface area contributed by atoms with Gasteiger partial charge in [-0.2, -0.15) is 0 Å². The molecule has 1 rings (SSSR count). The molecule has 0 radical (unpaired) electrons. The summed E-state index contributed by atoms with van der Waals surface area (Å²) >= 11 is 0. The van der Waals surface area contributed by atoms with E-state index in [0.717, 1.165) is 13.8 Å². The lowest BCUT2D eigenvalue weighted by atomic mass is 9.64. The lowest BCUT2D eigenvalue weighted by molar-refractivity contribution is -0.131. The number of carboxylic acids is 1. The summed E-state index contributed by atoms with van der Waals surface area (Å²) in [6, 6.07) is 0. The van der Waals surface area contributed by atoms with Gasteiger partial charge in [0.05, 0.1) is 9.30 Å². The van der Waals surface area contributed by atoms with Crippen LogP contribution < -0.4 is 0 Å². The van der Waals surface area contributed by atoms with Crippen molar-refractivity contribution in [3.05, 3.63) is 35.5 Å². The fourth-order valence-electron chi connectivity index (χ4n) is 1.82. The first-order valence-corrected chi connectivity index (χ1v) is 5.64. The van der Waals surface area contributed by atoms with Crippen LogP contribution in [0.5, 0.6) is 0 Å². The summed E-state index contributed by atoms with van der Waals surface area (Å²) in [6.07, 6.45) is -0.533. The lowest BCUT2D eigenvalue weighted by Crippen LogP contribution is -2.49. The molecule has 0 amide bonds. The molecule has 0 saturated heterocycles. The molecule has 5 heteroatoms. The van der Waals surface area contributed by atoms with Gasteiger partial charge in [-0.1, -0.05) is 19.9 Å².